The number of phosphoric acid groups is 3. The van der Waals surface area contributed by atoms with Crippen molar-refractivity contribution in [2.45, 2.75) is 55.5 Å². The summed E-state index contributed by atoms with van der Waals surface area (Å²) in [7, 11) is -16.3. The maximum absolute atomic E-state index is 12.6. The molecule has 1 amide bonds. The molecular weight excluding hydrogens is 715 g/mol. The number of hydrogen-bond donors (Lipinski definition) is 9. The topological polar surface area (TPSA) is 364 Å². The summed E-state index contributed by atoms with van der Waals surface area (Å²) >= 11 is 0. The highest BCUT2D eigenvalue weighted by atomic mass is 31.3. The van der Waals surface area contributed by atoms with Gasteiger partial charge < -0.3 is 60.7 Å². The fourth-order valence-corrected chi connectivity index (χ4v) is 7.57. The molecule has 10 atom stereocenters. The van der Waals surface area contributed by atoms with E-state index in [1.807, 2.05) is 0 Å². The van der Waals surface area contributed by atoms with Crippen LogP contribution < -0.4 is 11.5 Å². The summed E-state index contributed by atoms with van der Waals surface area (Å²) in [5.74, 6) is -0.791. The minimum absolute atomic E-state index is 0.00424. The molecule has 0 aromatic carbocycles. The number of anilines is 1. The Kier molecular flexibility index (Phi) is 10.6. The van der Waals surface area contributed by atoms with Crippen molar-refractivity contribution in [2.75, 3.05) is 18.9 Å². The molecular formula is C21H30N7O17P3. The third-order valence-electron chi connectivity index (χ3n) is 7.11. The number of ether oxygens (including phenoxy) is 2. The van der Waals surface area contributed by atoms with Gasteiger partial charge in [-0.2, -0.15) is 4.31 Å². The van der Waals surface area contributed by atoms with Gasteiger partial charge in [0.25, 0.3) is 0 Å². The lowest BCUT2D eigenvalue weighted by molar-refractivity contribution is -0.115. The number of fused-ring (bicyclic) bond motifs is 1. The summed E-state index contributed by atoms with van der Waals surface area (Å²) in [4.78, 5) is 63.4. The first kappa shape index (κ1) is 36.5. The summed E-state index contributed by atoms with van der Waals surface area (Å²) in [6.07, 6.45) is -6.47. The molecule has 2 aromatic heterocycles. The number of aliphatic hydroxyl groups excluding tert-OH is 3. The third-order valence-corrected chi connectivity index (χ3v) is 10.2. The van der Waals surface area contributed by atoms with E-state index >= 15 is 0 Å². The van der Waals surface area contributed by atoms with Crippen LogP contribution in [0.1, 0.15) is 12.6 Å². The predicted octanol–water partition coefficient (Wildman–Crippen LogP) is -2.57. The van der Waals surface area contributed by atoms with E-state index in [-0.39, 0.29) is 29.0 Å². The summed E-state index contributed by atoms with van der Waals surface area (Å²) in [6, 6.07) is 0. The Bertz CT molecular complexity index is 1740. The highest BCUT2D eigenvalue weighted by Gasteiger charge is 2.51. The zero-order valence-corrected chi connectivity index (χ0v) is 26.8. The van der Waals surface area contributed by atoms with Crippen molar-refractivity contribution in [1.29, 1.82) is 0 Å². The number of allylic oxidation sites excluding steroid dienone is 1. The Hall–Kier alpha value is -2.73. The minimum atomic E-state index is -5.52. The second-order valence-corrected chi connectivity index (χ2v) is 14.6. The van der Waals surface area contributed by atoms with E-state index in [4.69, 9.17) is 30.0 Å². The van der Waals surface area contributed by atoms with Gasteiger partial charge in [-0.25, -0.2) is 28.6 Å². The number of carbonyl (C=O) groups excluding carboxylic acids is 1. The van der Waals surface area contributed by atoms with Crippen LogP contribution in [0.25, 0.3) is 11.2 Å². The van der Waals surface area contributed by atoms with E-state index in [0.717, 1.165) is 17.2 Å². The number of hydrogen-bond acceptors (Lipinski definition) is 18. The molecule has 7 unspecified atom stereocenters. The molecule has 0 spiro atoms. The SMILES string of the molecule is NC(=O)C1=CN(C2OC(COP(=O)(O)OP(=O)(O)OC[C@H]3O[C@@H](n4cnc5c(N)ncnc54)[C@H](OP(=O)(O)O)C3O)C(O)C2O)C=CC1. The van der Waals surface area contributed by atoms with E-state index in [2.05, 4.69) is 23.8 Å². The number of rotatable bonds is 13. The first-order valence-corrected chi connectivity index (χ1v) is 18.0. The number of nitrogens with two attached hydrogens (primary N) is 2. The molecule has 2 fully saturated rings. The van der Waals surface area contributed by atoms with Crippen LogP contribution in [-0.2, 0) is 45.8 Å². The Morgan fingerprint density at radius 3 is 2.19 bits per heavy atom. The third kappa shape index (κ3) is 8.17. The van der Waals surface area contributed by atoms with Crippen molar-refractivity contribution in [3.63, 3.8) is 0 Å². The van der Waals surface area contributed by atoms with E-state index < -0.39 is 91.7 Å². The van der Waals surface area contributed by atoms with E-state index in [1.165, 1.54) is 23.4 Å². The average Bonchev–Trinajstić information content (AvgIpc) is 3.64. The molecule has 11 N–H and O–H groups in total. The quantitative estimate of drug-likeness (QED) is 0.0951. The van der Waals surface area contributed by atoms with Gasteiger partial charge in [0, 0.05) is 18.0 Å². The van der Waals surface area contributed by atoms with Gasteiger partial charge in [-0.3, -0.25) is 22.9 Å². The molecule has 3 aliphatic heterocycles. The minimum Gasteiger partial charge on any atom is -0.387 e. The van der Waals surface area contributed by atoms with Crippen LogP contribution in [0.2, 0.25) is 0 Å². The number of primary amides is 1. The first-order chi connectivity index (χ1) is 22.4. The van der Waals surface area contributed by atoms with Gasteiger partial charge in [0.15, 0.2) is 23.9 Å². The van der Waals surface area contributed by atoms with Crippen molar-refractivity contribution < 1.29 is 80.7 Å². The average molecular weight is 745 g/mol. The largest absolute Gasteiger partial charge is 0.481 e. The monoisotopic (exact) mass is 745 g/mol. The van der Waals surface area contributed by atoms with Crippen LogP contribution in [0, 0.1) is 0 Å². The van der Waals surface area contributed by atoms with Crippen LogP contribution in [0.3, 0.4) is 0 Å². The van der Waals surface area contributed by atoms with Gasteiger partial charge in [0.1, 0.15) is 48.5 Å². The van der Waals surface area contributed by atoms with Crippen molar-refractivity contribution >= 4 is 46.4 Å². The molecule has 48 heavy (non-hydrogen) atoms. The molecule has 5 heterocycles. The Morgan fingerprint density at radius 1 is 0.938 bits per heavy atom. The first-order valence-electron chi connectivity index (χ1n) is 13.5. The second-order valence-electron chi connectivity index (χ2n) is 10.4. The lowest BCUT2D eigenvalue weighted by atomic mass is 10.1. The van der Waals surface area contributed by atoms with Crippen LogP contribution in [0.4, 0.5) is 5.82 Å². The molecule has 0 aliphatic carbocycles. The Labute approximate surface area is 268 Å². The molecule has 0 bridgehead atoms. The van der Waals surface area contributed by atoms with Crippen molar-refractivity contribution in [1.82, 2.24) is 24.4 Å². The molecule has 24 nitrogen and oxygen atoms in total. The molecule has 2 saturated heterocycles. The molecule has 2 aromatic rings. The predicted molar refractivity (Wildman–Crippen MR) is 153 cm³/mol. The number of carbonyl (C=O) groups is 1. The fraction of sp³-hybridized carbons (Fsp3) is 0.524. The lowest BCUT2D eigenvalue weighted by Gasteiger charge is -2.28. The number of amides is 1. The maximum atomic E-state index is 12.6. The number of nitrogen functional groups attached to an aromatic ring is 1. The maximum Gasteiger partial charge on any atom is 0.481 e. The number of phosphoric ester groups is 3. The normalized spacial score (nSPS) is 31.9. The smallest absolute Gasteiger partial charge is 0.387 e. The van der Waals surface area contributed by atoms with Crippen molar-refractivity contribution in [3.8, 4) is 0 Å². The number of aliphatic hydroxyl groups is 3. The molecule has 0 saturated carbocycles. The summed E-state index contributed by atoms with van der Waals surface area (Å²) in [6.45, 7) is -2.02. The van der Waals surface area contributed by atoms with Crippen LogP contribution in [-0.4, -0.2) is 121 Å². The van der Waals surface area contributed by atoms with Gasteiger partial charge in [-0.15, -0.1) is 0 Å². The second kappa shape index (κ2) is 13.9. The number of aromatic nitrogens is 4. The van der Waals surface area contributed by atoms with E-state index in [0.29, 0.717) is 0 Å². The molecule has 5 rings (SSSR count). The van der Waals surface area contributed by atoms with E-state index in [9.17, 15) is 53.4 Å². The zero-order valence-electron chi connectivity index (χ0n) is 24.1. The molecule has 266 valence electrons. The lowest BCUT2D eigenvalue weighted by Crippen LogP contribution is -2.40. The summed E-state index contributed by atoms with van der Waals surface area (Å²) in [5.41, 5.74) is 11.3. The summed E-state index contributed by atoms with van der Waals surface area (Å²) < 4.78 is 67.2. The van der Waals surface area contributed by atoms with E-state index in [1.54, 1.807) is 0 Å². The highest BCUT2D eigenvalue weighted by molar-refractivity contribution is 7.61. The van der Waals surface area contributed by atoms with Crippen molar-refractivity contribution in [2.24, 2.45) is 5.73 Å². The standard InChI is InChI=1S/C21H30N7O17P3/c22-17-12-19(25-7-24-17)28(8-26-12)21-16(44-46(33,34)35)14(30)11(43-21)6-41-48(38,39)45-47(36,37)40-5-10-13(29)15(31)20(42-10)27-3-1-2-9(4-27)18(23)32/h1,3-4,7-8,10-11,13-16,20-21,29-31H,2,5-6H2,(H2,23,32)(H,36,37)(H,38,39)(H2,22,24,25)(H2,33,34,35)/t10?,11-,13?,14?,15?,16-,20?,21-/m1/s1. The van der Waals surface area contributed by atoms with Gasteiger partial charge in [-0.05, 0) is 6.42 Å². The Balaban J connectivity index is 1.20. The van der Waals surface area contributed by atoms with Crippen molar-refractivity contribution in [3.05, 3.63) is 36.7 Å². The van der Waals surface area contributed by atoms with Gasteiger partial charge in [0.05, 0.1) is 19.5 Å². The van der Waals surface area contributed by atoms with Crippen LogP contribution in [0.5, 0.6) is 0 Å². The van der Waals surface area contributed by atoms with Crippen LogP contribution >= 0.6 is 23.5 Å². The number of imidazole rings is 1. The Morgan fingerprint density at radius 2 is 1.56 bits per heavy atom. The fourth-order valence-electron chi connectivity index (χ4n) is 4.93. The van der Waals surface area contributed by atoms with Gasteiger partial charge in [-0.1, -0.05) is 6.08 Å². The van der Waals surface area contributed by atoms with Gasteiger partial charge >= 0.3 is 23.5 Å². The highest BCUT2D eigenvalue weighted by Crippen LogP contribution is 2.61. The number of nitrogens with zero attached hydrogens (tertiary/aromatic N) is 5. The van der Waals surface area contributed by atoms with Gasteiger partial charge in [0.2, 0.25) is 5.91 Å². The van der Waals surface area contributed by atoms with Crippen LogP contribution in [0.15, 0.2) is 36.7 Å². The molecule has 27 heteroatoms. The molecule has 0 radical (unpaired) electrons. The molecule has 3 aliphatic rings. The summed E-state index contributed by atoms with van der Waals surface area (Å²) in [5, 5.41) is 31.5. The zero-order chi connectivity index (χ0) is 35.2.